The van der Waals surface area contributed by atoms with Gasteiger partial charge in [0.15, 0.2) is 0 Å². The molecule has 0 aromatic carbocycles. The summed E-state index contributed by atoms with van der Waals surface area (Å²) < 4.78 is 1.76. The molecule has 0 unspecified atom stereocenters. The van der Waals surface area contributed by atoms with Crippen molar-refractivity contribution in [3.63, 3.8) is 0 Å². The number of amides is 1. The summed E-state index contributed by atoms with van der Waals surface area (Å²) in [6.07, 6.45) is 3.57. The molecule has 1 atom stereocenters. The summed E-state index contributed by atoms with van der Waals surface area (Å²) in [7, 11) is 0. The Hall–Kier alpha value is -1.69. The van der Waals surface area contributed by atoms with Gasteiger partial charge in [-0.25, -0.2) is 4.98 Å². The van der Waals surface area contributed by atoms with E-state index >= 15 is 0 Å². The SMILES string of the molecule is Cc1nc(CNC(=O)[C@@H](C)Cn2cccn2)cs1. The van der Waals surface area contributed by atoms with E-state index in [0.29, 0.717) is 13.1 Å². The molecule has 0 radical (unpaired) electrons. The second-order valence-corrected chi connectivity index (χ2v) is 5.27. The first-order chi connectivity index (χ1) is 8.65. The third-order valence-electron chi connectivity index (χ3n) is 2.58. The molecule has 96 valence electrons. The molecule has 1 N–H and O–H groups in total. The minimum absolute atomic E-state index is 0.0242. The topological polar surface area (TPSA) is 59.8 Å². The number of thiazole rings is 1. The summed E-state index contributed by atoms with van der Waals surface area (Å²) >= 11 is 1.59. The molecule has 0 aliphatic carbocycles. The van der Waals surface area contributed by atoms with Crippen LogP contribution in [0.5, 0.6) is 0 Å². The zero-order chi connectivity index (χ0) is 13.0. The zero-order valence-electron chi connectivity index (χ0n) is 10.5. The molecule has 0 spiro atoms. The molecule has 5 nitrogen and oxygen atoms in total. The van der Waals surface area contributed by atoms with Crippen molar-refractivity contribution in [1.82, 2.24) is 20.1 Å². The third kappa shape index (κ3) is 3.40. The second kappa shape index (κ2) is 5.77. The highest BCUT2D eigenvalue weighted by atomic mass is 32.1. The Balaban J connectivity index is 1.80. The average molecular weight is 264 g/mol. The number of rotatable bonds is 5. The molecule has 2 aromatic rings. The van der Waals surface area contributed by atoms with E-state index in [0.717, 1.165) is 10.7 Å². The number of aromatic nitrogens is 3. The van der Waals surface area contributed by atoms with Crippen molar-refractivity contribution in [2.45, 2.75) is 26.9 Å². The summed E-state index contributed by atoms with van der Waals surface area (Å²) in [4.78, 5) is 16.2. The van der Waals surface area contributed by atoms with Gasteiger partial charge in [0.25, 0.3) is 0 Å². The van der Waals surface area contributed by atoms with E-state index < -0.39 is 0 Å². The molecule has 0 bridgehead atoms. The molecule has 1 amide bonds. The maximum absolute atomic E-state index is 11.9. The van der Waals surface area contributed by atoms with E-state index in [1.54, 1.807) is 22.2 Å². The van der Waals surface area contributed by atoms with E-state index in [2.05, 4.69) is 15.4 Å². The Labute approximate surface area is 110 Å². The Bertz CT molecular complexity index is 506. The number of hydrogen-bond donors (Lipinski definition) is 1. The molecular weight excluding hydrogens is 248 g/mol. The summed E-state index contributed by atoms with van der Waals surface area (Å²) in [6, 6.07) is 1.85. The van der Waals surface area contributed by atoms with Crippen molar-refractivity contribution in [3.05, 3.63) is 34.5 Å². The van der Waals surface area contributed by atoms with Crippen LogP contribution in [0.4, 0.5) is 0 Å². The van der Waals surface area contributed by atoms with E-state index in [9.17, 15) is 4.79 Å². The van der Waals surface area contributed by atoms with Gasteiger partial charge < -0.3 is 5.32 Å². The van der Waals surface area contributed by atoms with Crippen LogP contribution in [0.2, 0.25) is 0 Å². The van der Waals surface area contributed by atoms with Crippen molar-refractivity contribution in [2.24, 2.45) is 5.92 Å². The third-order valence-corrected chi connectivity index (χ3v) is 3.40. The van der Waals surface area contributed by atoms with E-state index in [1.807, 2.05) is 31.5 Å². The van der Waals surface area contributed by atoms with Gasteiger partial charge in [-0.1, -0.05) is 6.92 Å². The molecule has 2 heterocycles. The lowest BCUT2D eigenvalue weighted by atomic mass is 10.1. The summed E-state index contributed by atoms with van der Waals surface area (Å²) in [5, 5.41) is 9.96. The van der Waals surface area contributed by atoms with Crippen LogP contribution in [0.1, 0.15) is 17.6 Å². The van der Waals surface area contributed by atoms with E-state index in [-0.39, 0.29) is 11.8 Å². The molecule has 0 saturated heterocycles. The first-order valence-electron chi connectivity index (χ1n) is 5.81. The number of aryl methyl sites for hydroxylation is 1. The fraction of sp³-hybridized carbons (Fsp3) is 0.417. The van der Waals surface area contributed by atoms with Gasteiger partial charge in [-0.05, 0) is 13.0 Å². The first kappa shape index (κ1) is 12.8. The lowest BCUT2D eigenvalue weighted by Crippen LogP contribution is -2.31. The predicted molar refractivity (Wildman–Crippen MR) is 70.1 cm³/mol. The van der Waals surface area contributed by atoms with Gasteiger partial charge in [0.2, 0.25) is 5.91 Å². The van der Waals surface area contributed by atoms with Crippen molar-refractivity contribution in [3.8, 4) is 0 Å². The minimum Gasteiger partial charge on any atom is -0.350 e. The molecule has 0 saturated carbocycles. The molecular formula is C12H16N4OS. The molecule has 0 aliphatic rings. The Morgan fingerprint density at radius 2 is 2.44 bits per heavy atom. The van der Waals surface area contributed by atoms with Crippen LogP contribution in [0.15, 0.2) is 23.8 Å². The van der Waals surface area contributed by atoms with Crippen LogP contribution < -0.4 is 5.32 Å². The van der Waals surface area contributed by atoms with Crippen molar-refractivity contribution < 1.29 is 4.79 Å². The maximum atomic E-state index is 11.9. The van der Waals surface area contributed by atoms with Crippen molar-refractivity contribution >= 4 is 17.2 Å². The maximum Gasteiger partial charge on any atom is 0.225 e. The van der Waals surface area contributed by atoms with Crippen LogP contribution in [0.25, 0.3) is 0 Å². The van der Waals surface area contributed by atoms with Crippen LogP contribution in [-0.4, -0.2) is 20.7 Å². The molecule has 2 rings (SSSR count). The quantitative estimate of drug-likeness (QED) is 0.892. The molecule has 0 fully saturated rings. The molecule has 18 heavy (non-hydrogen) atoms. The summed E-state index contributed by atoms with van der Waals surface area (Å²) in [6.45, 7) is 4.93. The Morgan fingerprint density at radius 3 is 3.06 bits per heavy atom. The molecule has 6 heteroatoms. The Kier molecular flexibility index (Phi) is 4.09. The van der Waals surface area contributed by atoms with Gasteiger partial charge in [-0.2, -0.15) is 5.10 Å². The molecule has 2 aromatic heterocycles. The minimum atomic E-state index is -0.107. The van der Waals surface area contributed by atoms with Gasteiger partial charge in [0.05, 0.1) is 29.7 Å². The fourth-order valence-electron chi connectivity index (χ4n) is 1.61. The zero-order valence-corrected chi connectivity index (χ0v) is 11.3. The number of carbonyl (C=O) groups is 1. The lowest BCUT2D eigenvalue weighted by molar-refractivity contribution is -0.125. The number of nitrogens with one attached hydrogen (secondary N) is 1. The first-order valence-corrected chi connectivity index (χ1v) is 6.69. The van der Waals surface area contributed by atoms with Gasteiger partial charge in [-0.15, -0.1) is 11.3 Å². The predicted octanol–water partition coefficient (Wildman–Crippen LogP) is 1.60. The van der Waals surface area contributed by atoms with Gasteiger partial charge in [0.1, 0.15) is 0 Å². The van der Waals surface area contributed by atoms with Crippen LogP contribution >= 0.6 is 11.3 Å². The average Bonchev–Trinajstić information content (AvgIpc) is 2.97. The van der Waals surface area contributed by atoms with Gasteiger partial charge in [-0.3, -0.25) is 9.48 Å². The monoisotopic (exact) mass is 264 g/mol. The van der Waals surface area contributed by atoms with Crippen molar-refractivity contribution in [1.29, 1.82) is 0 Å². The standard InChI is InChI=1S/C12H16N4OS/c1-9(7-16-5-3-4-14-16)12(17)13-6-11-8-18-10(2)15-11/h3-5,8-9H,6-7H2,1-2H3,(H,13,17)/t9-/m0/s1. The summed E-state index contributed by atoms with van der Waals surface area (Å²) in [5.41, 5.74) is 0.914. The van der Waals surface area contributed by atoms with Crippen LogP contribution in [-0.2, 0) is 17.9 Å². The van der Waals surface area contributed by atoms with E-state index in [1.165, 1.54) is 0 Å². The van der Waals surface area contributed by atoms with Crippen molar-refractivity contribution in [2.75, 3.05) is 0 Å². The largest absolute Gasteiger partial charge is 0.350 e. The smallest absolute Gasteiger partial charge is 0.225 e. The van der Waals surface area contributed by atoms with E-state index in [4.69, 9.17) is 0 Å². The van der Waals surface area contributed by atoms with Gasteiger partial charge in [0, 0.05) is 17.8 Å². The number of hydrogen-bond acceptors (Lipinski definition) is 4. The number of nitrogens with zero attached hydrogens (tertiary/aromatic N) is 3. The second-order valence-electron chi connectivity index (χ2n) is 4.20. The van der Waals surface area contributed by atoms with Crippen LogP contribution in [0.3, 0.4) is 0 Å². The Morgan fingerprint density at radius 1 is 1.61 bits per heavy atom. The summed E-state index contributed by atoms with van der Waals surface area (Å²) in [5.74, 6) is -0.0826. The highest BCUT2D eigenvalue weighted by Crippen LogP contribution is 2.08. The fourth-order valence-corrected chi connectivity index (χ4v) is 2.23. The van der Waals surface area contributed by atoms with Gasteiger partial charge >= 0.3 is 0 Å². The van der Waals surface area contributed by atoms with Crippen LogP contribution in [0, 0.1) is 12.8 Å². The highest BCUT2D eigenvalue weighted by molar-refractivity contribution is 7.09. The lowest BCUT2D eigenvalue weighted by Gasteiger charge is -2.11. The highest BCUT2D eigenvalue weighted by Gasteiger charge is 2.13. The number of carbonyl (C=O) groups excluding carboxylic acids is 1. The normalized spacial score (nSPS) is 12.3. The molecule has 0 aliphatic heterocycles.